The molecule has 0 atom stereocenters. The number of benzene rings is 1. The van der Waals surface area contributed by atoms with Gasteiger partial charge in [0.05, 0.1) is 7.11 Å². The van der Waals surface area contributed by atoms with E-state index >= 15 is 0 Å². The second-order valence-corrected chi connectivity index (χ2v) is 4.99. The van der Waals surface area contributed by atoms with Crippen molar-refractivity contribution >= 4 is 16.5 Å². The predicted octanol–water partition coefficient (Wildman–Crippen LogP) is 3.29. The smallest absolute Gasteiger partial charge is 0.119 e. The first kappa shape index (κ1) is 12.3. The molecule has 1 aliphatic heterocycles. The Labute approximate surface area is 113 Å². The molecule has 3 nitrogen and oxygen atoms in total. The molecule has 0 saturated carbocycles. The van der Waals surface area contributed by atoms with Crippen LogP contribution in [-0.4, -0.2) is 36.6 Å². The maximum absolute atomic E-state index is 5.33. The minimum Gasteiger partial charge on any atom is -0.497 e. The number of rotatable bonds is 3. The van der Waals surface area contributed by atoms with Crippen LogP contribution >= 0.6 is 0 Å². The summed E-state index contributed by atoms with van der Waals surface area (Å²) in [5.41, 5.74) is 3.95. The molecule has 0 spiro atoms. The lowest BCUT2D eigenvalue weighted by Gasteiger charge is -2.24. The summed E-state index contributed by atoms with van der Waals surface area (Å²) < 4.78 is 5.33. The number of methoxy groups -OCH3 is 1. The summed E-state index contributed by atoms with van der Waals surface area (Å²) in [5.74, 6) is 0.917. The minimum absolute atomic E-state index is 0.917. The summed E-state index contributed by atoms with van der Waals surface area (Å²) in [6, 6.07) is 6.20. The maximum Gasteiger partial charge on any atom is 0.119 e. The van der Waals surface area contributed by atoms with Crippen molar-refractivity contribution in [2.45, 2.75) is 13.3 Å². The van der Waals surface area contributed by atoms with Crippen LogP contribution in [-0.2, 0) is 0 Å². The van der Waals surface area contributed by atoms with Crippen LogP contribution in [0, 0.1) is 0 Å². The van der Waals surface area contributed by atoms with Gasteiger partial charge in [-0.2, -0.15) is 0 Å². The summed E-state index contributed by atoms with van der Waals surface area (Å²) in [6.45, 7) is 5.56. The van der Waals surface area contributed by atoms with Crippen molar-refractivity contribution in [3.63, 3.8) is 0 Å². The van der Waals surface area contributed by atoms with E-state index in [0.29, 0.717) is 0 Å². The molecule has 0 unspecified atom stereocenters. The second kappa shape index (κ2) is 5.10. The quantitative estimate of drug-likeness (QED) is 0.912. The van der Waals surface area contributed by atoms with E-state index in [1.165, 1.54) is 22.0 Å². The summed E-state index contributed by atoms with van der Waals surface area (Å²) in [5, 5.41) is 1.26. The van der Waals surface area contributed by atoms with E-state index in [2.05, 4.69) is 41.2 Å². The van der Waals surface area contributed by atoms with Crippen LogP contribution in [0.15, 0.2) is 30.5 Å². The molecule has 0 aliphatic carbocycles. The summed E-state index contributed by atoms with van der Waals surface area (Å²) in [6.07, 6.45) is 5.60. The van der Waals surface area contributed by atoms with Crippen molar-refractivity contribution in [2.75, 3.05) is 26.7 Å². The normalized spacial score (nSPS) is 16.6. The molecule has 3 heteroatoms. The van der Waals surface area contributed by atoms with Crippen LogP contribution in [0.1, 0.15) is 18.9 Å². The Morgan fingerprint density at radius 1 is 1.37 bits per heavy atom. The number of ether oxygens (including phenoxy) is 1. The zero-order valence-corrected chi connectivity index (χ0v) is 11.6. The molecule has 1 N–H and O–H groups in total. The predicted molar refractivity (Wildman–Crippen MR) is 79.6 cm³/mol. The van der Waals surface area contributed by atoms with Crippen molar-refractivity contribution in [3.8, 4) is 5.75 Å². The van der Waals surface area contributed by atoms with E-state index in [4.69, 9.17) is 4.74 Å². The van der Waals surface area contributed by atoms with Crippen molar-refractivity contribution in [2.24, 2.45) is 0 Å². The second-order valence-electron chi connectivity index (χ2n) is 4.99. The summed E-state index contributed by atoms with van der Waals surface area (Å²) >= 11 is 0. The molecule has 0 saturated heterocycles. The fraction of sp³-hybridized carbons (Fsp3) is 0.375. The zero-order valence-electron chi connectivity index (χ0n) is 11.6. The van der Waals surface area contributed by atoms with Crippen molar-refractivity contribution < 1.29 is 4.74 Å². The van der Waals surface area contributed by atoms with Crippen LogP contribution in [0.2, 0.25) is 0 Å². The number of hydrogen-bond acceptors (Lipinski definition) is 2. The lowest BCUT2D eigenvalue weighted by atomic mass is 9.99. The van der Waals surface area contributed by atoms with Crippen molar-refractivity contribution in [1.82, 2.24) is 9.88 Å². The maximum atomic E-state index is 5.33. The Bertz CT molecular complexity index is 612. The molecule has 1 aromatic heterocycles. The van der Waals surface area contributed by atoms with Crippen LogP contribution in [0.4, 0.5) is 0 Å². The number of likely N-dealkylation sites (N-methyl/N-ethyl adjacent to an activating group) is 1. The molecule has 100 valence electrons. The van der Waals surface area contributed by atoms with E-state index in [1.807, 2.05) is 6.07 Å². The van der Waals surface area contributed by atoms with E-state index in [-0.39, 0.29) is 0 Å². The molecule has 0 fully saturated rings. The SMILES string of the molecule is CCN1CC=C(c2c[nH]c3ccc(OC)cc23)CC1. The van der Waals surface area contributed by atoms with Crippen LogP contribution in [0.5, 0.6) is 5.75 Å². The molecule has 3 rings (SSSR count). The number of fused-ring (bicyclic) bond motifs is 1. The number of nitrogens with zero attached hydrogens (tertiary/aromatic N) is 1. The number of H-pyrrole nitrogens is 1. The third-order valence-corrected chi connectivity index (χ3v) is 3.98. The molecule has 2 aromatic rings. The Hall–Kier alpha value is -1.74. The van der Waals surface area contributed by atoms with Gasteiger partial charge in [-0.15, -0.1) is 0 Å². The van der Waals surface area contributed by atoms with E-state index in [9.17, 15) is 0 Å². The first-order valence-electron chi connectivity index (χ1n) is 6.88. The van der Waals surface area contributed by atoms with Gasteiger partial charge in [-0.1, -0.05) is 13.0 Å². The number of aromatic amines is 1. The molecule has 1 aliphatic rings. The van der Waals surface area contributed by atoms with Crippen molar-refractivity contribution in [1.29, 1.82) is 0 Å². The molecule has 2 heterocycles. The number of nitrogens with one attached hydrogen (secondary N) is 1. The Balaban J connectivity index is 1.99. The van der Waals surface area contributed by atoms with Gasteiger partial charge >= 0.3 is 0 Å². The van der Waals surface area contributed by atoms with E-state index in [0.717, 1.165) is 31.8 Å². The highest BCUT2D eigenvalue weighted by molar-refractivity contribution is 5.93. The van der Waals surface area contributed by atoms with Gasteiger partial charge in [0.15, 0.2) is 0 Å². The average Bonchev–Trinajstić information content (AvgIpc) is 2.90. The Kier molecular flexibility index (Phi) is 3.30. The molecule has 0 radical (unpaired) electrons. The third-order valence-electron chi connectivity index (χ3n) is 3.98. The van der Waals surface area contributed by atoms with Crippen LogP contribution in [0.3, 0.4) is 0 Å². The van der Waals surface area contributed by atoms with Gasteiger partial charge in [0.2, 0.25) is 0 Å². The highest BCUT2D eigenvalue weighted by atomic mass is 16.5. The molecule has 0 bridgehead atoms. The molecule has 0 amide bonds. The Morgan fingerprint density at radius 3 is 2.95 bits per heavy atom. The van der Waals surface area contributed by atoms with Gasteiger partial charge in [-0.25, -0.2) is 0 Å². The lowest BCUT2D eigenvalue weighted by molar-refractivity contribution is 0.319. The van der Waals surface area contributed by atoms with Gasteiger partial charge < -0.3 is 9.72 Å². The minimum atomic E-state index is 0.917. The molecular weight excluding hydrogens is 236 g/mol. The van der Waals surface area contributed by atoms with Crippen LogP contribution in [0.25, 0.3) is 16.5 Å². The summed E-state index contributed by atoms with van der Waals surface area (Å²) in [7, 11) is 1.71. The van der Waals surface area contributed by atoms with E-state index in [1.54, 1.807) is 7.11 Å². The largest absolute Gasteiger partial charge is 0.497 e. The highest BCUT2D eigenvalue weighted by Gasteiger charge is 2.14. The summed E-state index contributed by atoms with van der Waals surface area (Å²) in [4.78, 5) is 5.81. The number of hydrogen-bond donors (Lipinski definition) is 1. The Morgan fingerprint density at radius 2 is 2.26 bits per heavy atom. The van der Waals surface area contributed by atoms with Crippen molar-refractivity contribution in [3.05, 3.63) is 36.0 Å². The third kappa shape index (κ3) is 2.26. The number of aromatic nitrogens is 1. The van der Waals surface area contributed by atoms with Crippen LogP contribution < -0.4 is 4.74 Å². The monoisotopic (exact) mass is 256 g/mol. The molecular formula is C16H20N2O. The fourth-order valence-electron chi connectivity index (χ4n) is 2.74. The lowest BCUT2D eigenvalue weighted by Crippen LogP contribution is -2.27. The first-order valence-corrected chi connectivity index (χ1v) is 6.88. The van der Waals surface area contributed by atoms with Gasteiger partial charge in [0, 0.05) is 35.8 Å². The van der Waals surface area contributed by atoms with E-state index < -0.39 is 0 Å². The van der Waals surface area contributed by atoms with Gasteiger partial charge in [-0.3, -0.25) is 4.90 Å². The average molecular weight is 256 g/mol. The topological polar surface area (TPSA) is 28.3 Å². The molecule has 1 aromatic carbocycles. The first-order chi connectivity index (χ1) is 9.31. The fourth-order valence-corrected chi connectivity index (χ4v) is 2.74. The van der Waals surface area contributed by atoms with Gasteiger partial charge in [0.25, 0.3) is 0 Å². The van der Waals surface area contributed by atoms with Gasteiger partial charge in [-0.05, 0) is 36.7 Å². The standard InChI is InChI=1S/C16H20N2O/c1-3-18-8-6-12(7-9-18)15-11-17-16-5-4-13(19-2)10-14(15)16/h4-6,10-11,17H,3,7-9H2,1-2H3. The highest BCUT2D eigenvalue weighted by Crippen LogP contribution is 2.31. The molecule has 19 heavy (non-hydrogen) atoms. The van der Waals surface area contributed by atoms with Gasteiger partial charge in [0.1, 0.15) is 5.75 Å². The zero-order chi connectivity index (χ0) is 13.2.